The molecular formula is C16H23N3O3S. The highest BCUT2D eigenvalue weighted by molar-refractivity contribution is 7.99. The summed E-state index contributed by atoms with van der Waals surface area (Å²) in [6.07, 6.45) is 6.59. The molecule has 3 unspecified atom stereocenters. The molecule has 23 heavy (non-hydrogen) atoms. The molecule has 0 bridgehead atoms. The maximum atomic E-state index is 12.7. The Morgan fingerprint density at radius 3 is 2.87 bits per heavy atom. The molecule has 0 radical (unpaired) electrons. The largest absolute Gasteiger partial charge is 0.461 e. The van der Waals surface area contributed by atoms with Crippen molar-refractivity contribution in [3.63, 3.8) is 0 Å². The van der Waals surface area contributed by atoms with Crippen LogP contribution in [0.3, 0.4) is 0 Å². The number of carbonyl (C=O) groups is 2. The summed E-state index contributed by atoms with van der Waals surface area (Å²) in [6, 6.07) is -0.284. The monoisotopic (exact) mass is 337 g/mol. The van der Waals surface area contributed by atoms with E-state index in [-0.39, 0.29) is 29.9 Å². The van der Waals surface area contributed by atoms with E-state index in [1.165, 1.54) is 0 Å². The molecule has 126 valence electrons. The van der Waals surface area contributed by atoms with E-state index in [0.717, 1.165) is 29.9 Å². The molecule has 0 aliphatic carbocycles. The van der Waals surface area contributed by atoms with Crippen LogP contribution in [-0.4, -0.2) is 51.2 Å². The smallest absolute Gasteiger partial charge is 0.311 e. The van der Waals surface area contributed by atoms with Gasteiger partial charge in [0.2, 0.25) is 5.91 Å². The molecule has 2 aliphatic heterocycles. The highest BCUT2D eigenvalue weighted by Crippen LogP contribution is 2.37. The minimum Gasteiger partial charge on any atom is -0.461 e. The Bertz CT molecular complexity index is 583. The third-order valence-corrected chi connectivity index (χ3v) is 5.82. The van der Waals surface area contributed by atoms with Gasteiger partial charge in [-0.2, -0.15) is 16.9 Å². The number of likely N-dealkylation sites (tertiary alicyclic amines) is 1. The predicted octanol–water partition coefficient (Wildman–Crippen LogP) is 1.77. The summed E-state index contributed by atoms with van der Waals surface area (Å²) in [7, 11) is 3.59. The van der Waals surface area contributed by atoms with Crippen LogP contribution < -0.4 is 0 Å². The maximum Gasteiger partial charge on any atom is 0.311 e. The normalized spacial score (nSPS) is 28.7. The molecule has 2 saturated heterocycles. The van der Waals surface area contributed by atoms with Gasteiger partial charge in [0.15, 0.2) is 0 Å². The van der Waals surface area contributed by atoms with E-state index < -0.39 is 0 Å². The van der Waals surface area contributed by atoms with Crippen molar-refractivity contribution in [2.45, 2.75) is 37.8 Å². The summed E-state index contributed by atoms with van der Waals surface area (Å²) >= 11 is 1.84. The molecule has 1 amide bonds. The summed E-state index contributed by atoms with van der Waals surface area (Å²) in [5.41, 5.74) is 0.892. The second-order valence-corrected chi connectivity index (χ2v) is 7.47. The van der Waals surface area contributed by atoms with Crippen molar-refractivity contribution in [2.24, 2.45) is 13.0 Å². The maximum absolute atomic E-state index is 12.7. The molecule has 1 aromatic heterocycles. The molecular weight excluding hydrogens is 314 g/mol. The van der Waals surface area contributed by atoms with Crippen molar-refractivity contribution in [1.82, 2.24) is 14.7 Å². The van der Waals surface area contributed by atoms with Gasteiger partial charge in [0, 0.05) is 38.0 Å². The minimum absolute atomic E-state index is 0.0127. The predicted molar refractivity (Wildman–Crippen MR) is 87.9 cm³/mol. The van der Waals surface area contributed by atoms with Crippen LogP contribution in [0.5, 0.6) is 0 Å². The zero-order valence-corrected chi connectivity index (χ0v) is 14.4. The second kappa shape index (κ2) is 6.95. The van der Waals surface area contributed by atoms with Crippen LogP contribution in [-0.2, 0) is 21.4 Å². The quantitative estimate of drug-likeness (QED) is 0.787. The average molecular weight is 337 g/mol. The molecule has 6 nitrogen and oxygen atoms in total. The zero-order valence-electron chi connectivity index (χ0n) is 13.6. The van der Waals surface area contributed by atoms with Crippen LogP contribution in [0, 0.1) is 5.92 Å². The van der Waals surface area contributed by atoms with Gasteiger partial charge in [0.25, 0.3) is 0 Å². The number of hydrogen-bond acceptors (Lipinski definition) is 5. The molecule has 1 aromatic rings. The van der Waals surface area contributed by atoms with E-state index in [2.05, 4.69) is 5.10 Å². The average Bonchev–Trinajstić information content (AvgIpc) is 2.96. The van der Waals surface area contributed by atoms with Crippen molar-refractivity contribution in [3.05, 3.63) is 18.0 Å². The van der Waals surface area contributed by atoms with E-state index in [4.69, 9.17) is 4.74 Å². The molecule has 3 rings (SSSR count). The fraction of sp³-hybridized carbons (Fsp3) is 0.688. The fourth-order valence-electron chi connectivity index (χ4n) is 3.39. The van der Waals surface area contributed by atoms with Crippen molar-refractivity contribution in [3.8, 4) is 0 Å². The molecule has 2 aliphatic rings. The summed E-state index contributed by atoms with van der Waals surface area (Å²) < 4.78 is 7.44. The highest BCUT2D eigenvalue weighted by atomic mass is 32.2. The molecule has 3 heterocycles. The molecule has 2 fully saturated rings. The van der Waals surface area contributed by atoms with E-state index in [9.17, 15) is 9.59 Å². The van der Waals surface area contributed by atoms with Crippen LogP contribution in [0.1, 0.15) is 37.3 Å². The van der Waals surface area contributed by atoms with Crippen LogP contribution in [0.25, 0.3) is 0 Å². The molecule has 0 aromatic carbocycles. The Balaban J connectivity index is 1.77. The van der Waals surface area contributed by atoms with Crippen LogP contribution in [0.15, 0.2) is 12.4 Å². The third-order valence-electron chi connectivity index (χ3n) is 4.63. The van der Waals surface area contributed by atoms with Gasteiger partial charge < -0.3 is 9.64 Å². The number of esters is 1. The number of rotatable bonds is 3. The number of piperidine rings is 1. The van der Waals surface area contributed by atoms with Crippen LogP contribution in [0.4, 0.5) is 0 Å². The lowest BCUT2D eigenvalue weighted by Crippen LogP contribution is -2.44. The number of aromatic nitrogens is 2. The lowest BCUT2D eigenvalue weighted by Gasteiger charge is -2.38. The zero-order chi connectivity index (χ0) is 16.4. The Labute approximate surface area is 140 Å². The van der Waals surface area contributed by atoms with E-state index in [1.807, 2.05) is 25.0 Å². The first kappa shape index (κ1) is 16.4. The number of aryl methyl sites for hydroxylation is 1. The van der Waals surface area contributed by atoms with Gasteiger partial charge >= 0.3 is 5.97 Å². The number of carbonyl (C=O) groups excluding carboxylic acids is 2. The molecule has 0 saturated carbocycles. The first-order valence-corrected chi connectivity index (χ1v) is 9.24. The van der Waals surface area contributed by atoms with Gasteiger partial charge in [-0.3, -0.25) is 14.3 Å². The van der Waals surface area contributed by atoms with Crippen molar-refractivity contribution in [1.29, 1.82) is 0 Å². The Hall–Kier alpha value is -1.50. The van der Waals surface area contributed by atoms with Crippen molar-refractivity contribution >= 4 is 23.6 Å². The summed E-state index contributed by atoms with van der Waals surface area (Å²) in [6.45, 7) is 0. The molecule has 0 spiro atoms. The van der Waals surface area contributed by atoms with Gasteiger partial charge in [0.05, 0.1) is 18.2 Å². The Kier molecular flexibility index (Phi) is 4.94. The number of thioether (sulfide) groups is 1. The summed E-state index contributed by atoms with van der Waals surface area (Å²) in [5.74, 6) is 1.60. The number of nitrogens with zero attached hydrogens (tertiary/aromatic N) is 3. The van der Waals surface area contributed by atoms with Crippen molar-refractivity contribution < 1.29 is 14.3 Å². The SMILES string of the molecule is CN1C(=O)CCC(C(=O)OC2CCCSC2)C1c1cnn(C)c1. The highest BCUT2D eigenvalue weighted by Gasteiger charge is 2.41. The minimum atomic E-state index is -0.311. The van der Waals surface area contributed by atoms with E-state index in [0.29, 0.717) is 12.8 Å². The van der Waals surface area contributed by atoms with Gasteiger partial charge in [-0.05, 0) is 25.0 Å². The third kappa shape index (κ3) is 3.54. The standard InChI is InChI=1S/C16H23N3O3S/c1-18-9-11(8-17-18)15-13(5-6-14(20)19(15)2)16(21)22-12-4-3-7-23-10-12/h8-9,12-13,15H,3-7,10H2,1-2H3. The summed E-state index contributed by atoms with van der Waals surface area (Å²) in [4.78, 5) is 26.5. The van der Waals surface area contributed by atoms with Crippen LogP contribution >= 0.6 is 11.8 Å². The van der Waals surface area contributed by atoms with Gasteiger partial charge in [-0.15, -0.1) is 0 Å². The second-order valence-electron chi connectivity index (χ2n) is 6.32. The van der Waals surface area contributed by atoms with E-state index in [1.54, 1.807) is 22.8 Å². The molecule has 3 atom stereocenters. The topological polar surface area (TPSA) is 64.4 Å². The molecule has 0 N–H and O–H groups in total. The lowest BCUT2D eigenvalue weighted by molar-refractivity contribution is -0.160. The van der Waals surface area contributed by atoms with Crippen LogP contribution in [0.2, 0.25) is 0 Å². The Morgan fingerprint density at radius 2 is 2.22 bits per heavy atom. The van der Waals surface area contributed by atoms with E-state index >= 15 is 0 Å². The first-order chi connectivity index (χ1) is 11.1. The molecule has 7 heteroatoms. The number of amides is 1. The summed E-state index contributed by atoms with van der Waals surface area (Å²) in [5, 5.41) is 4.18. The fourth-order valence-corrected chi connectivity index (χ4v) is 4.42. The lowest BCUT2D eigenvalue weighted by atomic mass is 9.86. The van der Waals surface area contributed by atoms with Crippen molar-refractivity contribution in [2.75, 3.05) is 18.6 Å². The number of hydrogen-bond donors (Lipinski definition) is 0. The Morgan fingerprint density at radius 1 is 1.39 bits per heavy atom. The van der Waals surface area contributed by atoms with Gasteiger partial charge in [-0.25, -0.2) is 0 Å². The van der Waals surface area contributed by atoms with Gasteiger partial charge in [-0.1, -0.05) is 0 Å². The number of ether oxygens (including phenoxy) is 1. The van der Waals surface area contributed by atoms with Gasteiger partial charge in [0.1, 0.15) is 6.10 Å². The first-order valence-electron chi connectivity index (χ1n) is 8.08.